The van der Waals surface area contributed by atoms with E-state index >= 15 is 0 Å². The predicted molar refractivity (Wildman–Crippen MR) is 102 cm³/mol. The number of nitrogens with one attached hydrogen (secondary N) is 1. The van der Waals surface area contributed by atoms with Crippen molar-refractivity contribution in [1.82, 2.24) is 15.0 Å². The van der Waals surface area contributed by atoms with E-state index in [1.54, 1.807) is 26.4 Å². The zero-order valence-corrected chi connectivity index (χ0v) is 15.5. The first kappa shape index (κ1) is 19.6. The second-order valence-corrected chi connectivity index (χ2v) is 6.05. The fourth-order valence-corrected chi connectivity index (χ4v) is 2.79. The number of nitrogens with zero attached hydrogens (tertiary/aromatic N) is 4. The van der Waals surface area contributed by atoms with Crippen molar-refractivity contribution in [2.75, 3.05) is 45.4 Å². The van der Waals surface area contributed by atoms with Crippen molar-refractivity contribution in [1.29, 1.82) is 0 Å². The van der Waals surface area contributed by atoms with Gasteiger partial charge in [0.1, 0.15) is 17.8 Å². The second-order valence-electron chi connectivity index (χ2n) is 6.05. The number of hydrogen-bond donors (Lipinski definition) is 1. The Morgan fingerprint density at radius 3 is 2.54 bits per heavy atom. The van der Waals surface area contributed by atoms with Gasteiger partial charge in [0.25, 0.3) is 5.69 Å². The van der Waals surface area contributed by atoms with Gasteiger partial charge < -0.3 is 19.4 Å². The summed E-state index contributed by atoms with van der Waals surface area (Å²) >= 11 is 0. The van der Waals surface area contributed by atoms with Gasteiger partial charge in [-0.3, -0.25) is 10.1 Å². The third-order valence-corrected chi connectivity index (χ3v) is 4.23. The Morgan fingerprint density at radius 1 is 1.21 bits per heavy atom. The standard InChI is InChI=1S/C18H20FN5O4/c1-27-7-5-23(6-8-28-2)16-4-3-12(9-14(16)19)17-21-15-10-13(24(25)26)11-20-18(15)22-17/h3-4,9-11H,5-8H2,1-2H3,(H,20,21,22). The minimum Gasteiger partial charge on any atom is -0.383 e. The van der Waals surface area contributed by atoms with Crippen LogP contribution in [0.5, 0.6) is 0 Å². The molecule has 0 atom stereocenters. The number of aromatic nitrogens is 3. The van der Waals surface area contributed by atoms with Crippen LogP contribution >= 0.6 is 0 Å². The molecule has 0 fully saturated rings. The van der Waals surface area contributed by atoms with Crippen molar-refractivity contribution < 1.29 is 18.8 Å². The zero-order chi connectivity index (χ0) is 20.1. The molecule has 148 valence electrons. The molecule has 28 heavy (non-hydrogen) atoms. The van der Waals surface area contributed by atoms with E-state index in [0.717, 1.165) is 6.20 Å². The minimum atomic E-state index is -0.532. The molecule has 0 saturated carbocycles. The van der Waals surface area contributed by atoms with E-state index in [9.17, 15) is 14.5 Å². The first-order valence-electron chi connectivity index (χ1n) is 8.56. The van der Waals surface area contributed by atoms with Gasteiger partial charge in [0.05, 0.1) is 29.3 Å². The first-order chi connectivity index (χ1) is 13.5. The zero-order valence-electron chi connectivity index (χ0n) is 15.5. The molecule has 0 saturated heterocycles. The number of ether oxygens (including phenoxy) is 2. The first-order valence-corrected chi connectivity index (χ1v) is 8.56. The molecule has 0 aliphatic carbocycles. The number of methoxy groups -OCH3 is 2. The molecule has 0 radical (unpaired) electrons. The predicted octanol–water partition coefficient (Wildman–Crippen LogP) is 2.77. The van der Waals surface area contributed by atoms with Gasteiger partial charge in [0, 0.05) is 38.9 Å². The molecular weight excluding hydrogens is 369 g/mol. The molecule has 0 amide bonds. The number of hydrogen-bond acceptors (Lipinski definition) is 7. The number of benzene rings is 1. The lowest BCUT2D eigenvalue weighted by Gasteiger charge is -2.24. The fourth-order valence-electron chi connectivity index (χ4n) is 2.79. The van der Waals surface area contributed by atoms with Crippen LogP contribution in [0.3, 0.4) is 0 Å². The van der Waals surface area contributed by atoms with Gasteiger partial charge in [-0.15, -0.1) is 0 Å². The molecule has 0 unspecified atom stereocenters. The molecule has 2 aromatic heterocycles. The molecule has 9 nitrogen and oxygen atoms in total. The summed E-state index contributed by atoms with van der Waals surface area (Å²) in [6, 6.07) is 6.12. The quantitative estimate of drug-likeness (QED) is 0.443. The van der Waals surface area contributed by atoms with Crippen LogP contribution in [0, 0.1) is 15.9 Å². The highest BCUT2D eigenvalue weighted by Gasteiger charge is 2.16. The Labute approximate surface area is 160 Å². The van der Waals surface area contributed by atoms with E-state index in [-0.39, 0.29) is 5.69 Å². The van der Waals surface area contributed by atoms with Crippen LogP contribution in [0.4, 0.5) is 15.8 Å². The van der Waals surface area contributed by atoms with Gasteiger partial charge in [-0.25, -0.2) is 14.4 Å². The number of aromatic amines is 1. The smallest absolute Gasteiger partial charge is 0.289 e. The third kappa shape index (κ3) is 4.24. The number of fused-ring (bicyclic) bond motifs is 1. The molecule has 0 spiro atoms. The maximum absolute atomic E-state index is 14.8. The summed E-state index contributed by atoms with van der Waals surface area (Å²) < 4.78 is 25.0. The summed E-state index contributed by atoms with van der Waals surface area (Å²) in [5.74, 6) is -0.0297. The monoisotopic (exact) mass is 389 g/mol. The van der Waals surface area contributed by atoms with E-state index in [0.29, 0.717) is 54.5 Å². The molecule has 1 aromatic carbocycles. The summed E-state index contributed by atoms with van der Waals surface area (Å²) in [5, 5.41) is 10.9. The highest BCUT2D eigenvalue weighted by atomic mass is 19.1. The van der Waals surface area contributed by atoms with Crippen LogP contribution in [0.1, 0.15) is 0 Å². The van der Waals surface area contributed by atoms with Crippen molar-refractivity contribution in [2.24, 2.45) is 0 Å². The highest BCUT2D eigenvalue weighted by Crippen LogP contribution is 2.27. The van der Waals surface area contributed by atoms with Crippen LogP contribution in [0.15, 0.2) is 30.5 Å². The normalized spacial score (nSPS) is 11.1. The van der Waals surface area contributed by atoms with Gasteiger partial charge in [-0.2, -0.15) is 0 Å². The van der Waals surface area contributed by atoms with Crippen LogP contribution in [0.2, 0.25) is 0 Å². The van der Waals surface area contributed by atoms with E-state index in [4.69, 9.17) is 9.47 Å². The van der Waals surface area contributed by atoms with Crippen LogP contribution in [-0.4, -0.2) is 60.4 Å². The van der Waals surface area contributed by atoms with Crippen molar-refractivity contribution >= 4 is 22.5 Å². The minimum absolute atomic E-state index is 0.142. The van der Waals surface area contributed by atoms with Crippen LogP contribution in [0.25, 0.3) is 22.6 Å². The van der Waals surface area contributed by atoms with E-state index in [1.165, 1.54) is 12.1 Å². The Morgan fingerprint density at radius 2 is 1.93 bits per heavy atom. The van der Waals surface area contributed by atoms with Gasteiger partial charge in [0.15, 0.2) is 5.65 Å². The maximum atomic E-state index is 14.8. The van der Waals surface area contributed by atoms with Crippen LogP contribution < -0.4 is 4.90 Å². The lowest BCUT2D eigenvalue weighted by atomic mass is 10.1. The number of halogens is 1. The van der Waals surface area contributed by atoms with Gasteiger partial charge >= 0.3 is 0 Å². The van der Waals surface area contributed by atoms with Gasteiger partial charge in [-0.1, -0.05) is 0 Å². The van der Waals surface area contributed by atoms with Crippen molar-refractivity contribution in [3.8, 4) is 11.4 Å². The SMILES string of the molecule is COCCN(CCOC)c1ccc(-c2nc3ncc([N+](=O)[O-])cc3[nH]2)cc1F. The highest BCUT2D eigenvalue weighted by molar-refractivity contribution is 5.78. The van der Waals surface area contributed by atoms with E-state index in [2.05, 4.69) is 15.0 Å². The Hall–Kier alpha value is -3.11. The Balaban J connectivity index is 1.90. The molecule has 0 aliphatic heterocycles. The van der Waals surface area contributed by atoms with Crippen molar-refractivity contribution in [3.05, 3.63) is 46.4 Å². The molecule has 3 rings (SSSR count). The van der Waals surface area contributed by atoms with Crippen molar-refractivity contribution in [2.45, 2.75) is 0 Å². The number of anilines is 1. The fraction of sp³-hybridized carbons (Fsp3) is 0.333. The molecule has 2 heterocycles. The lowest BCUT2D eigenvalue weighted by molar-refractivity contribution is -0.385. The number of rotatable bonds is 9. The molecule has 0 aliphatic rings. The number of pyridine rings is 1. The topological polar surface area (TPSA) is 106 Å². The van der Waals surface area contributed by atoms with Gasteiger partial charge in [-0.05, 0) is 18.2 Å². The lowest BCUT2D eigenvalue weighted by Crippen LogP contribution is -2.31. The molecule has 1 N–H and O–H groups in total. The molecular formula is C18H20FN5O4. The van der Waals surface area contributed by atoms with Crippen LogP contribution in [-0.2, 0) is 9.47 Å². The largest absolute Gasteiger partial charge is 0.383 e. The number of nitro groups is 1. The number of H-pyrrole nitrogens is 1. The van der Waals surface area contributed by atoms with Gasteiger partial charge in [0.2, 0.25) is 0 Å². The average molecular weight is 389 g/mol. The second kappa shape index (κ2) is 8.72. The Bertz CT molecular complexity index is 970. The average Bonchev–Trinajstić information content (AvgIpc) is 3.12. The molecule has 0 bridgehead atoms. The van der Waals surface area contributed by atoms with E-state index < -0.39 is 10.7 Å². The number of imidazole rings is 1. The summed E-state index contributed by atoms with van der Waals surface area (Å²) in [7, 11) is 3.18. The van der Waals surface area contributed by atoms with E-state index in [1.807, 2.05) is 4.90 Å². The third-order valence-electron chi connectivity index (χ3n) is 4.23. The Kier molecular flexibility index (Phi) is 6.12. The molecule has 10 heteroatoms. The van der Waals surface area contributed by atoms with Crippen molar-refractivity contribution in [3.63, 3.8) is 0 Å². The summed E-state index contributed by atoms with van der Waals surface area (Å²) in [6.45, 7) is 1.96. The summed E-state index contributed by atoms with van der Waals surface area (Å²) in [5.41, 5.74) is 1.54. The summed E-state index contributed by atoms with van der Waals surface area (Å²) in [6.07, 6.45) is 1.14. The molecule has 3 aromatic rings. The summed E-state index contributed by atoms with van der Waals surface area (Å²) in [4.78, 5) is 23.4. The maximum Gasteiger partial charge on any atom is 0.289 e.